The Morgan fingerprint density at radius 2 is 1.70 bits per heavy atom. The largest absolute Gasteiger partial charge is 0.493 e. The zero-order valence-corrected chi connectivity index (χ0v) is 19.4. The second-order valence-corrected chi connectivity index (χ2v) is 9.35. The summed E-state index contributed by atoms with van der Waals surface area (Å²) in [6.07, 6.45) is 7.60. The minimum Gasteiger partial charge on any atom is -0.493 e. The molecule has 0 aromatic heterocycles. The summed E-state index contributed by atoms with van der Waals surface area (Å²) in [6, 6.07) is 10.5. The lowest BCUT2D eigenvalue weighted by Crippen LogP contribution is -2.38. The fourth-order valence-electron chi connectivity index (χ4n) is 4.97. The second kappa shape index (κ2) is 8.84. The molecule has 2 bridgehead atoms. The number of hydrogen-bond donors (Lipinski definition) is 0. The van der Waals surface area contributed by atoms with Gasteiger partial charge in [0.15, 0.2) is 11.5 Å². The third kappa shape index (κ3) is 4.02. The number of amides is 2. The first-order chi connectivity index (χ1) is 16.0. The van der Waals surface area contributed by atoms with Crippen LogP contribution in [0, 0.1) is 23.7 Å². The highest BCUT2D eigenvalue weighted by Gasteiger charge is 2.56. The van der Waals surface area contributed by atoms with Gasteiger partial charge in [0.1, 0.15) is 6.61 Å². The van der Waals surface area contributed by atoms with Gasteiger partial charge in [0.05, 0.1) is 25.2 Å². The Morgan fingerprint density at radius 1 is 1.00 bits per heavy atom. The van der Waals surface area contributed by atoms with Gasteiger partial charge in [-0.05, 0) is 60.6 Å². The van der Waals surface area contributed by atoms with Gasteiger partial charge >= 0.3 is 0 Å². The molecule has 2 aromatic carbocycles. The monoisotopic (exact) mass is 484 g/mol. The summed E-state index contributed by atoms with van der Waals surface area (Å²) >= 11 is 12.2. The minimum absolute atomic E-state index is 0.141. The number of imide groups is 1. The van der Waals surface area contributed by atoms with Crippen LogP contribution >= 0.6 is 23.2 Å². The maximum absolute atomic E-state index is 12.9. The molecule has 1 saturated heterocycles. The summed E-state index contributed by atoms with van der Waals surface area (Å²) in [4.78, 5) is 25.8. The van der Waals surface area contributed by atoms with Gasteiger partial charge in [-0.25, -0.2) is 0 Å². The van der Waals surface area contributed by atoms with Gasteiger partial charge in [0.2, 0.25) is 0 Å². The first kappa shape index (κ1) is 22.0. The van der Waals surface area contributed by atoms with E-state index in [0.29, 0.717) is 27.1 Å². The molecule has 170 valence electrons. The summed E-state index contributed by atoms with van der Waals surface area (Å²) in [5.41, 5.74) is 1.48. The van der Waals surface area contributed by atoms with E-state index in [0.717, 1.165) is 23.4 Å². The molecule has 2 fully saturated rings. The lowest BCUT2D eigenvalue weighted by Gasteiger charge is -2.37. The van der Waals surface area contributed by atoms with Crippen molar-refractivity contribution in [1.29, 1.82) is 0 Å². The van der Waals surface area contributed by atoms with Crippen LogP contribution in [0.5, 0.6) is 11.5 Å². The van der Waals surface area contributed by atoms with Crippen molar-refractivity contribution in [2.45, 2.75) is 19.4 Å². The van der Waals surface area contributed by atoms with Crippen LogP contribution in [-0.2, 0) is 16.2 Å². The van der Waals surface area contributed by atoms with Gasteiger partial charge in [-0.1, -0.05) is 41.4 Å². The fraction of sp³-hybridized carbons (Fsp3) is 0.320. The van der Waals surface area contributed by atoms with Crippen molar-refractivity contribution in [3.05, 3.63) is 69.7 Å². The van der Waals surface area contributed by atoms with Crippen molar-refractivity contribution in [3.63, 3.8) is 0 Å². The molecule has 0 N–H and O–H groups in total. The number of hydrazone groups is 1. The molecular formula is C25H22Cl2N2O4. The average molecular weight is 485 g/mol. The normalized spacial score (nSPS) is 25.7. The van der Waals surface area contributed by atoms with Gasteiger partial charge in [-0.2, -0.15) is 10.1 Å². The lowest BCUT2D eigenvalue weighted by molar-refractivity contribution is -0.140. The van der Waals surface area contributed by atoms with Gasteiger partial charge in [0, 0.05) is 15.6 Å². The number of hydrogen-bond acceptors (Lipinski definition) is 5. The topological polar surface area (TPSA) is 68.2 Å². The summed E-state index contributed by atoms with van der Waals surface area (Å²) in [5.74, 6) is 0.359. The molecule has 6 nitrogen and oxygen atoms in total. The third-order valence-electron chi connectivity index (χ3n) is 6.64. The van der Waals surface area contributed by atoms with Crippen LogP contribution in [0.25, 0.3) is 0 Å². The predicted octanol–water partition coefficient (Wildman–Crippen LogP) is 5.11. The van der Waals surface area contributed by atoms with Crippen molar-refractivity contribution in [2.75, 3.05) is 7.11 Å². The van der Waals surface area contributed by atoms with Crippen LogP contribution < -0.4 is 9.47 Å². The molecule has 2 aromatic rings. The number of methoxy groups -OCH3 is 1. The van der Waals surface area contributed by atoms with E-state index in [1.807, 2.05) is 6.07 Å². The SMILES string of the molecule is COc1cc(C=NN2C(=O)[C@@H]3[C@@H](C2=O)[C@H]2C=C[C@H]3CC2)ccc1OCc1ccc(Cl)cc1Cl. The van der Waals surface area contributed by atoms with Gasteiger partial charge < -0.3 is 9.47 Å². The van der Waals surface area contributed by atoms with Crippen LogP contribution in [-0.4, -0.2) is 30.1 Å². The Hall–Kier alpha value is -2.83. The van der Waals surface area contributed by atoms with Crippen molar-refractivity contribution >= 4 is 41.2 Å². The number of halogens is 2. The summed E-state index contributed by atoms with van der Waals surface area (Å²) in [7, 11) is 1.54. The number of fused-ring (bicyclic) bond motifs is 1. The molecule has 1 aliphatic heterocycles. The van der Waals surface area contributed by atoms with E-state index < -0.39 is 0 Å². The first-order valence-corrected chi connectivity index (χ1v) is 11.6. The van der Waals surface area contributed by atoms with Crippen molar-refractivity contribution < 1.29 is 19.1 Å². The van der Waals surface area contributed by atoms with Crippen LogP contribution in [0.3, 0.4) is 0 Å². The van der Waals surface area contributed by atoms with Crippen LogP contribution in [0.1, 0.15) is 24.0 Å². The average Bonchev–Trinajstić information content (AvgIpc) is 3.10. The Morgan fingerprint density at radius 3 is 2.30 bits per heavy atom. The summed E-state index contributed by atoms with van der Waals surface area (Å²) < 4.78 is 11.3. The highest BCUT2D eigenvalue weighted by molar-refractivity contribution is 6.35. The Bertz CT molecular complexity index is 1150. The summed E-state index contributed by atoms with van der Waals surface area (Å²) in [6.45, 7) is 0.246. The maximum Gasteiger partial charge on any atom is 0.254 e. The molecule has 0 radical (unpaired) electrons. The number of carbonyl (C=O) groups is 2. The Kier molecular flexibility index (Phi) is 5.89. The maximum atomic E-state index is 12.9. The predicted molar refractivity (Wildman–Crippen MR) is 126 cm³/mol. The molecule has 3 aliphatic carbocycles. The van der Waals surface area contributed by atoms with Crippen molar-refractivity contribution in [2.24, 2.45) is 28.8 Å². The molecule has 4 atom stereocenters. The molecule has 0 spiro atoms. The van der Waals surface area contributed by atoms with Crippen LogP contribution in [0.15, 0.2) is 53.7 Å². The number of rotatable bonds is 6. The number of carbonyl (C=O) groups excluding carboxylic acids is 2. The van der Waals surface area contributed by atoms with Gasteiger partial charge in [-0.3, -0.25) is 9.59 Å². The highest BCUT2D eigenvalue weighted by Crippen LogP contribution is 2.49. The van der Waals surface area contributed by atoms with Gasteiger partial charge in [0.25, 0.3) is 11.8 Å². The summed E-state index contributed by atoms with van der Waals surface area (Å²) in [5, 5.41) is 6.38. The van der Waals surface area contributed by atoms with E-state index in [2.05, 4.69) is 17.3 Å². The molecule has 4 aliphatic rings. The van der Waals surface area contributed by atoms with Crippen LogP contribution in [0.4, 0.5) is 0 Å². The zero-order valence-electron chi connectivity index (χ0n) is 17.9. The van der Waals surface area contributed by atoms with Gasteiger partial charge in [-0.15, -0.1) is 0 Å². The van der Waals surface area contributed by atoms with E-state index in [-0.39, 0.29) is 42.1 Å². The second-order valence-electron chi connectivity index (χ2n) is 8.51. The molecule has 33 heavy (non-hydrogen) atoms. The van der Waals surface area contributed by atoms with E-state index in [9.17, 15) is 9.59 Å². The highest BCUT2D eigenvalue weighted by atomic mass is 35.5. The number of allylic oxidation sites excluding steroid dienone is 2. The zero-order chi connectivity index (χ0) is 23.1. The molecule has 8 heteroatoms. The fourth-order valence-corrected chi connectivity index (χ4v) is 5.44. The molecular weight excluding hydrogens is 463 g/mol. The Labute approximate surface area is 201 Å². The molecule has 0 unspecified atom stereocenters. The van der Waals surface area contributed by atoms with Crippen LogP contribution in [0.2, 0.25) is 10.0 Å². The quantitative estimate of drug-likeness (QED) is 0.324. The Balaban J connectivity index is 1.30. The van der Waals surface area contributed by atoms with Crippen molar-refractivity contribution in [1.82, 2.24) is 5.01 Å². The standard InChI is InChI=1S/C25H22Cl2N2O4/c1-32-21-10-14(2-9-20(21)33-13-17-7-8-18(26)11-19(17)27)12-28-29-24(30)22-15-3-4-16(6-5-15)23(22)25(29)31/h2-4,7-12,15-16,22-23H,5-6,13H2,1H3/t15-,16-,22-,23-/m0/s1. The first-order valence-electron chi connectivity index (χ1n) is 10.8. The molecule has 1 heterocycles. The number of nitrogens with zero attached hydrogens (tertiary/aromatic N) is 2. The lowest BCUT2D eigenvalue weighted by atomic mass is 9.63. The number of benzene rings is 2. The van der Waals surface area contributed by atoms with Crippen molar-refractivity contribution in [3.8, 4) is 11.5 Å². The van der Waals surface area contributed by atoms with E-state index in [4.69, 9.17) is 32.7 Å². The molecule has 1 saturated carbocycles. The van der Waals surface area contributed by atoms with E-state index >= 15 is 0 Å². The molecule has 2 amide bonds. The molecule has 6 rings (SSSR count). The van der Waals surface area contributed by atoms with E-state index in [1.165, 1.54) is 6.21 Å². The third-order valence-corrected chi connectivity index (χ3v) is 7.23. The van der Waals surface area contributed by atoms with E-state index in [1.54, 1.807) is 37.4 Å². The smallest absolute Gasteiger partial charge is 0.254 e. The minimum atomic E-state index is -0.275. The number of ether oxygens (including phenoxy) is 2.